The standard InChI is InChI=1S/C12H22ClN2/c13-7-4-9-15-11-5-10-14-8-3-1-2-6-12(14)15/h1-11H2/q+1. The van der Waals surface area contributed by atoms with Crippen LogP contribution in [0.1, 0.15) is 38.5 Å². The van der Waals surface area contributed by atoms with Crippen LogP contribution in [-0.2, 0) is 0 Å². The second kappa shape index (κ2) is 5.74. The highest BCUT2D eigenvalue weighted by Gasteiger charge is 2.27. The molecule has 0 fully saturated rings. The first-order valence-corrected chi connectivity index (χ1v) is 6.87. The molecule has 86 valence electrons. The van der Waals surface area contributed by atoms with Crippen molar-refractivity contribution < 1.29 is 4.58 Å². The Bertz CT molecular complexity index is 238. The Hall–Kier alpha value is -0.240. The van der Waals surface area contributed by atoms with E-state index in [9.17, 15) is 0 Å². The third-order valence-electron chi connectivity index (χ3n) is 3.48. The highest BCUT2D eigenvalue weighted by atomic mass is 35.5. The molecule has 3 heteroatoms. The van der Waals surface area contributed by atoms with Gasteiger partial charge in [0.05, 0.1) is 26.2 Å². The second-order valence-corrected chi connectivity index (χ2v) is 4.98. The molecule has 0 bridgehead atoms. The molecule has 0 spiro atoms. The Morgan fingerprint density at radius 1 is 1.13 bits per heavy atom. The average Bonchev–Trinajstić information content (AvgIpc) is 2.51. The van der Waals surface area contributed by atoms with E-state index in [0.717, 1.165) is 18.8 Å². The predicted octanol–water partition coefficient (Wildman–Crippen LogP) is 2.31. The molecule has 2 aliphatic rings. The van der Waals surface area contributed by atoms with Crippen LogP contribution >= 0.6 is 11.6 Å². The fourth-order valence-corrected chi connectivity index (χ4v) is 2.84. The third-order valence-corrected chi connectivity index (χ3v) is 3.74. The Labute approximate surface area is 97.9 Å². The van der Waals surface area contributed by atoms with Gasteiger partial charge in [0.25, 0.3) is 0 Å². The van der Waals surface area contributed by atoms with Crippen molar-refractivity contribution in [2.45, 2.75) is 38.5 Å². The summed E-state index contributed by atoms with van der Waals surface area (Å²) in [5.74, 6) is 2.41. The van der Waals surface area contributed by atoms with E-state index in [1.807, 2.05) is 0 Å². The smallest absolute Gasteiger partial charge is 0.246 e. The van der Waals surface area contributed by atoms with Crippen molar-refractivity contribution in [3.05, 3.63) is 0 Å². The monoisotopic (exact) mass is 229 g/mol. The molecule has 0 aromatic heterocycles. The lowest BCUT2D eigenvalue weighted by Gasteiger charge is -2.26. The lowest BCUT2D eigenvalue weighted by molar-refractivity contribution is -0.539. The molecule has 2 aliphatic heterocycles. The van der Waals surface area contributed by atoms with Gasteiger partial charge in [0.1, 0.15) is 0 Å². The molecule has 0 radical (unpaired) electrons. The normalized spacial score (nSPS) is 22.6. The minimum absolute atomic E-state index is 0.795. The average molecular weight is 230 g/mol. The molecular formula is C12H22ClN2+. The Kier molecular flexibility index (Phi) is 4.30. The molecule has 0 amide bonds. The molecule has 15 heavy (non-hydrogen) atoms. The lowest BCUT2D eigenvalue weighted by atomic mass is 10.2. The van der Waals surface area contributed by atoms with E-state index in [0.29, 0.717) is 0 Å². The summed E-state index contributed by atoms with van der Waals surface area (Å²) in [4.78, 5) is 2.58. The Morgan fingerprint density at radius 2 is 2.00 bits per heavy atom. The predicted molar refractivity (Wildman–Crippen MR) is 65.0 cm³/mol. The van der Waals surface area contributed by atoms with Gasteiger partial charge < -0.3 is 0 Å². The molecule has 0 aromatic rings. The van der Waals surface area contributed by atoms with Crippen LogP contribution in [0.25, 0.3) is 0 Å². The first kappa shape index (κ1) is 11.3. The van der Waals surface area contributed by atoms with E-state index in [1.165, 1.54) is 51.7 Å². The lowest BCUT2D eigenvalue weighted by Crippen LogP contribution is -2.44. The van der Waals surface area contributed by atoms with Gasteiger partial charge in [-0.05, 0) is 25.7 Å². The van der Waals surface area contributed by atoms with Crippen molar-refractivity contribution in [1.82, 2.24) is 4.90 Å². The maximum absolute atomic E-state index is 5.78. The number of nitrogens with zero attached hydrogens (tertiary/aromatic N) is 2. The topological polar surface area (TPSA) is 6.25 Å². The summed E-state index contributed by atoms with van der Waals surface area (Å²) < 4.78 is 2.62. The van der Waals surface area contributed by atoms with E-state index in [1.54, 1.807) is 5.84 Å². The minimum Gasteiger partial charge on any atom is -0.266 e. The summed E-state index contributed by atoms with van der Waals surface area (Å²) in [7, 11) is 0. The van der Waals surface area contributed by atoms with Crippen LogP contribution < -0.4 is 0 Å². The fraction of sp³-hybridized carbons (Fsp3) is 0.917. The summed E-state index contributed by atoms with van der Waals surface area (Å²) >= 11 is 5.78. The summed E-state index contributed by atoms with van der Waals surface area (Å²) in [5, 5.41) is 0. The van der Waals surface area contributed by atoms with Gasteiger partial charge in [0.15, 0.2) is 0 Å². The van der Waals surface area contributed by atoms with Crippen LogP contribution in [-0.4, -0.2) is 47.4 Å². The van der Waals surface area contributed by atoms with E-state index < -0.39 is 0 Å². The molecule has 0 atom stereocenters. The molecule has 2 nitrogen and oxygen atoms in total. The van der Waals surface area contributed by atoms with Crippen molar-refractivity contribution in [2.75, 3.05) is 32.1 Å². The third kappa shape index (κ3) is 2.87. The first-order chi connectivity index (χ1) is 7.42. The van der Waals surface area contributed by atoms with Gasteiger partial charge >= 0.3 is 0 Å². The zero-order valence-corrected chi connectivity index (χ0v) is 10.3. The van der Waals surface area contributed by atoms with Crippen molar-refractivity contribution >= 4 is 17.4 Å². The highest BCUT2D eigenvalue weighted by molar-refractivity contribution is 6.17. The molecule has 0 saturated carbocycles. The molecule has 0 aromatic carbocycles. The quantitative estimate of drug-likeness (QED) is 0.532. The van der Waals surface area contributed by atoms with Crippen LogP contribution in [0.2, 0.25) is 0 Å². The largest absolute Gasteiger partial charge is 0.266 e. The molecule has 0 N–H and O–H groups in total. The molecule has 0 unspecified atom stereocenters. The SMILES string of the molecule is ClCCCN1CCC[N+]2=C1CCCCC2. The van der Waals surface area contributed by atoms with Crippen LogP contribution in [0.3, 0.4) is 0 Å². The summed E-state index contributed by atoms with van der Waals surface area (Å²) in [6.07, 6.45) is 7.91. The fourth-order valence-electron chi connectivity index (χ4n) is 2.72. The summed E-state index contributed by atoms with van der Waals surface area (Å²) in [6.45, 7) is 4.98. The highest BCUT2D eigenvalue weighted by Crippen LogP contribution is 2.15. The van der Waals surface area contributed by atoms with Crippen LogP contribution in [0.15, 0.2) is 0 Å². The zero-order chi connectivity index (χ0) is 10.5. The van der Waals surface area contributed by atoms with Crippen molar-refractivity contribution in [2.24, 2.45) is 0 Å². The first-order valence-electron chi connectivity index (χ1n) is 6.33. The number of hydrogen-bond donors (Lipinski definition) is 0. The molecule has 2 heterocycles. The van der Waals surface area contributed by atoms with E-state index in [2.05, 4.69) is 9.48 Å². The van der Waals surface area contributed by atoms with E-state index in [4.69, 9.17) is 11.6 Å². The summed E-state index contributed by atoms with van der Waals surface area (Å²) in [6, 6.07) is 0. The van der Waals surface area contributed by atoms with Crippen molar-refractivity contribution in [3.8, 4) is 0 Å². The second-order valence-electron chi connectivity index (χ2n) is 4.60. The number of hydrogen-bond acceptors (Lipinski definition) is 1. The Balaban J connectivity index is 2.03. The van der Waals surface area contributed by atoms with Gasteiger partial charge in [-0.15, -0.1) is 11.6 Å². The van der Waals surface area contributed by atoms with Gasteiger partial charge in [-0.1, -0.05) is 0 Å². The van der Waals surface area contributed by atoms with Crippen LogP contribution in [0.5, 0.6) is 0 Å². The maximum atomic E-state index is 5.78. The minimum atomic E-state index is 0.795. The summed E-state index contributed by atoms with van der Waals surface area (Å²) in [5.41, 5.74) is 0. The van der Waals surface area contributed by atoms with Gasteiger partial charge in [-0.25, -0.2) is 0 Å². The van der Waals surface area contributed by atoms with E-state index in [-0.39, 0.29) is 0 Å². The van der Waals surface area contributed by atoms with Crippen molar-refractivity contribution in [1.29, 1.82) is 0 Å². The van der Waals surface area contributed by atoms with Crippen LogP contribution in [0.4, 0.5) is 0 Å². The number of alkyl halides is 1. The van der Waals surface area contributed by atoms with Gasteiger partial charge in [-0.2, -0.15) is 0 Å². The Morgan fingerprint density at radius 3 is 2.87 bits per heavy atom. The van der Waals surface area contributed by atoms with E-state index >= 15 is 0 Å². The molecular weight excluding hydrogens is 208 g/mol. The molecule has 0 aliphatic carbocycles. The maximum Gasteiger partial charge on any atom is 0.246 e. The van der Waals surface area contributed by atoms with Gasteiger partial charge in [0, 0.05) is 18.7 Å². The molecule has 2 rings (SSSR count). The van der Waals surface area contributed by atoms with Crippen LogP contribution in [0, 0.1) is 0 Å². The molecule has 0 saturated heterocycles. The van der Waals surface area contributed by atoms with Crippen molar-refractivity contribution in [3.63, 3.8) is 0 Å². The number of amidine groups is 1. The number of halogens is 1. The van der Waals surface area contributed by atoms with Gasteiger partial charge in [-0.3, -0.25) is 9.48 Å². The van der Waals surface area contributed by atoms with Gasteiger partial charge in [0.2, 0.25) is 5.84 Å². The number of rotatable bonds is 3. The zero-order valence-electron chi connectivity index (χ0n) is 9.55.